The number of nitrogens with one attached hydrogen (secondary N) is 2. The van der Waals surface area contributed by atoms with Crippen LogP contribution in [0.4, 0.5) is 5.95 Å². The van der Waals surface area contributed by atoms with Crippen LogP contribution in [-0.4, -0.2) is 51.4 Å². The van der Waals surface area contributed by atoms with Crippen LogP contribution in [0.3, 0.4) is 0 Å². The van der Waals surface area contributed by atoms with Gasteiger partial charge in [0.2, 0.25) is 12.3 Å². The molecule has 0 unspecified atom stereocenters. The van der Waals surface area contributed by atoms with E-state index in [0.29, 0.717) is 28.3 Å². The number of methoxy groups -OCH3 is 1. The maximum absolute atomic E-state index is 12.4. The summed E-state index contributed by atoms with van der Waals surface area (Å²) in [5.41, 5.74) is 6.28. The predicted molar refractivity (Wildman–Crippen MR) is 97.8 cm³/mol. The highest BCUT2D eigenvalue weighted by Crippen LogP contribution is 2.17. The van der Waals surface area contributed by atoms with Crippen molar-refractivity contribution in [1.29, 1.82) is 0 Å². The summed E-state index contributed by atoms with van der Waals surface area (Å²) in [7, 11) is 1.56. The summed E-state index contributed by atoms with van der Waals surface area (Å²) in [5, 5.41) is 17.8. The average Bonchev–Trinajstić information content (AvgIpc) is 2.70. The molecule has 2 aromatic rings. The highest BCUT2D eigenvalue weighted by Gasteiger charge is 2.20. The van der Waals surface area contributed by atoms with E-state index in [1.165, 1.54) is 0 Å². The van der Waals surface area contributed by atoms with Crippen molar-refractivity contribution in [3.8, 4) is 5.75 Å². The number of carbonyl (C=O) groups is 2. The largest absolute Gasteiger partial charge is 0.497 e. The van der Waals surface area contributed by atoms with Gasteiger partial charge in [0.1, 0.15) is 11.3 Å². The molecule has 2 rings (SSSR count). The molecular formula is C17H24N6O4. The number of benzene rings is 1. The molecule has 0 aliphatic rings. The van der Waals surface area contributed by atoms with Gasteiger partial charge in [-0.05, 0) is 18.6 Å². The smallest absolute Gasteiger partial charge is 0.262 e. The minimum absolute atomic E-state index is 0.0860. The molecule has 10 heteroatoms. The van der Waals surface area contributed by atoms with Crippen LogP contribution < -0.4 is 15.6 Å². The van der Waals surface area contributed by atoms with E-state index >= 15 is 0 Å². The van der Waals surface area contributed by atoms with Gasteiger partial charge in [0.25, 0.3) is 5.95 Å². The third-order valence-electron chi connectivity index (χ3n) is 4.01. The summed E-state index contributed by atoms with van der Waals surface area (Å²) < 4.78 is 5.12. The van der Waals surface area contributed by atoms with Crippen molar-refractivity contribution in [2.75, 3.05) is 19.1 Å². The molecule has 0 saturated heterocycles. The normalized spacial score (nSPS) is 11.7. The number of hydroxylamine groups is 2. The molecule has 0 radical (unpaired) electrons. The summed E-state index contributed by atoms with van der Waals surface area (Å²) >= 11 is 0. The second-order valence-corrected chi connectivity index (χ2v) is 6.02. The van der Waals surface area contributed by atoms with E-state index in [-0.39, 0.29) is 24.8 Å². The molecule has 1 aromatic heterocycles. The Hall–Kier alpha value is -3.01. The summed E-state index contributed by atoms with van der Waals surface area (Å²) in [6, 6.07) is 5.19. The van der Waals surface area contributed by atoms with Gasteiger partial charge in [-0.3, -0.25) is 25.6 Å². The third kappa shape index (κ3) is 6.03. The Morgan fingerprint density at radius 3 is 2.85 bits per heavy atom. The first-order chi connectivity index (χ1) is 13.1. The van der Waals surface area contributed by atoms with Crippen LogP contribution in [0.15, 0.2) is 18.2 Å². The average molecular weight is 376 g/mol. The maximum atomic E-state index is 12.4. The maximum Gasteiger partial charge on any atom is 0.262 e. The van der Waals surface area contributed by atoms with Crippen LogP contribution in [0.2, 0.25) is 0 Å². The molecule has 3 N–H and O–H groups in total. The Kier molecular flexibility index (Phi) is 7.68. The van der Waals surface area contributed by atoms with Gasteiger partial charge in [-0.15, -0.1) is 10.2 Å². The van der Waals surface area contributed by atoms with E-state index in [2.05, 4.69) is 33.0 Å². The molecule has 1 atom stereocenters. The number of anilines is 1. The first-order valence-corrected chi connectivity index (χ1v) is 8.72. The van der Waals surface area contributed by atoms with Crippen LogP contribution in [0.25, 0.3) is 11.0 Å². The topological polar surface area (TPSA) is 130 Å². The quantitative estimate of drug-likeness (QED) is 0.233. The number of unbranched alkanes of at least 4 members (excludes halogenated alkanes) is 2. The number of hydrogen-bond acceptors (Lipinski definition) is 8. The zero-order chi connectivity index (χ0) is 19.6. The van der Waals surface area contributed by atoms with Crippen LogP contribution in [0.1, 0.15) is 32.6 Å². The number of aromatic nitrogens is 3. The van der Waals surface area contributed by atoms with E-state index in [1.54, 1.807) is 25.3 Å². The van der Waals surface area contributed by atoms with Crippen molar-refractivity contribution in [2.24, 2.45) is 5.92 Å². The Balaban J connectivity index is 1.99. The van der Waals surface area contributed by atoms with Crippen LogP contribution in [0.5, 0.6) is 5.75 Å². The Bertz CT molecular complexity index is 772. The second-order valence-electron chi connectivity index (χ2n) is 6.02. The highest BCUT2D eigenvalue weighted by molar-refractivity contribution is 5.80. The number of ether oxygens (including phenoxy) is 1. The van der Waals surface area contributed by atoms with Crippen LogP contribution in [0, 0.1) is 5.92 Å². The molecular weight excluding hydrogens is 352 g/mol. The minimum Gasteiger partial charge on any atom is -0.497 e. The van der Waals surface area contributed by atoms with Crippen LogP contribution >= 0.6 is 0 Å². The zero-order valence-electron chi connectivity index (χ0n) is 15.4. The molecule has 0 aliphatic heterocycles. The van der Waals surface area contributed by atoms with Crippen LogP contribution in [-0.2, 0) is 9.59 Å². The first kappa shape index (κ1) is 20.3. The number of rotatable bonds is 11. The standard InChI is InChI=1S/C17H24N6O4/c1-3-4-5-6-12(10-23(26)11-24)16(25)20-22-17-18-14-8-7-13(27-2)9-15(14)19-21-17/h7-9,11-12,26H,3-6,10H2,1-2H3,(H,20,25)(H,18,21,22)/t12-/m1/s1. The Morgan fingerprint density at radius 1 is 1.33 bits per heavy atom. The number of hydrogen-bond donors (Lipinski definition) is 3. The molecule has 1 aromatic carbocycles. The van der Waals surface area contributed by atoms with Crippen molar-refractivity contribution in [3.63, 3.8) is 0 Å². The molecule has 0 spiro atoms. The zero-order valence-corrected chi connectivity index (χ0v) is 15.4. The SMILES string of the molecule is CCCCC[C@H](CN(O)C=O)C(=O)NNc1nnc2cc(OC)ccc2n1. The minimum atomic E-state index is -0.558. The van der Waals surface area contributed by atoms with Gasteiger partial charge in [-0.1, -0.05) is 26.2 Å². The summed E-state index contributed by atoms with van der Waals surface area (Å²) in [4.78, 5) is 27.3. The lowest BCUT2D eigenvalue weighted by Gasteiger charge is -2.19. The molecule has 27 heavy (non-hydrogen) atoms. The molecule has 0 aliphatic carbocycles. The van der Waals surface area contributed by atoms with Gasteiger partial charge in [0.15, 0.2) is 0 Å². The number of carbonyl (C=O) groups excluding carboxylic acids is 2. The number of fused-ring (bicyclic) bond motifs is 1. The first-order valence-electron chi connectivity index (χ1n) is 8.72. The second kappa shape index (κ2) is 10.2. The predicted octanol–water partition coefficient (Wildman–Crippen LogP) is 1.52. The summed E-state index contributed by atoms with van der Waals surface area (Å²) in [6.07, 6.45) is 3.60. The fraction of sp³-hybridized carbons (Fsp3) is 0.471. The fourth-order valence-electron chi connectivity index (χ4n) is 2.53. The molecule has 1 heterocycles. The van der Waals surface area contributed by atoms with E-state index in [9.17, 15) is 14.8 Å². The Labute approximate surface area is 156 Å². The van der Waals surface area contributed by atoms with Crippen molar-refractivity contribution in [1.82, 2.24) is 25.7 Å². The highest BCUT2D eigenvalue weighted by atomic mass is 16.5. The van der Waals surface area contributed by atoms with Gasteiger partial charge >= 0.3 is 0 Å². The number of nitrogens with zero attached hydrogens (tertiary/aromatic N) is 4. The van der Waals surface area contributed by atoms with Gasteiger partial charge < -0.3 is 4.74 Å². The lowest BCUT2D eigenvalue weighted by molar-refractivity contribution is -0.154. The lowest BCUT2D eigenvalue weighted by Crippen LogP contribution is -2.40. The van der Waals surface area contributed by atoms with Gasteiger partial charge in [0.05, 0.1) is 25.1 Å². The molecule has 0 fully saturated rings. The third-order valence-corrected chi connectivity index (χ3v) is 4.01. The molecule has 0 saturated carbocycles. The van der Waals surface area contributed by atoms with E-state index in [0.717, 1.165) is 19.3 Å². The van der Waals surface area contributed by atoms with Crippen molar-refractivity contribution >= 4 is 29.3 Å². The summed E-state index contributed by atoms with van der Waals surface area (Å²) in [5.74, 6) is -0.154. The van der Waals surface area contributed by atoms with Crippen molar-refractivity contribution in [3.05, 3.63) is 18.2 Å². The van der Waals surface area contributed by atoms with Gasteiger partial charge in [-0.2, -0.15) is 0 Å². The fourth-order valence-corrected chi connectivity index (χ4v) is 2.53. The number of amides is 2. The van der Waals surface area contributed by atoms with Crippen molar-refractivity contribution in [2.45, 2.75) is 32.6 Å². The molecule has 146 valence electrons. The van der Waals surface area contributed by atoms with Crippen molar-refractivity contribution < 1.29 is 19.5 Å². The monoisotopic (exact) mass is 376 g/mol. The summed E-state index contributed by atoms with van der Waals surface area (Å²) in [6.45, 7) is 1.97. The molecule has 0 bridgehead atoms. The van der Waals surface area contributed by atoms with E-state index in [4.69, 9.17) is 4.74 Å². The lowest BCUT2D eigenvalue weighted by atomic mass is 10.0. The van der Waals surface area contributed by atoms with E-state index in [1.807, 2.05) is 0 Å². The van der Waals surface area contributed by atoms with Gasteiger partial charge in [-0.25, -0.2) is 10.0 Å². The number of hydrazine groups is 1. The van der Waals surface area contributed by atoms with Gasteiger partial charge in [0, 0.05) is 6.07 Å². The molecule has 10 nitrogen and oxygen atoms in total. The van der Waals surface area contributed by atoms with E-state index < -0.39 is 5.92 Å². The Morgan fingerprint density at radius 2 is 2.15 bits per heavy atom. The molecule has 2 amide bonds.